The van der Waals surface area contributed by atoms with Crippen LogP contribution in [0.25, 0.3) is 0 Å². The molecular formula is C20H22O3. The van der Waals surface area contributed by atoms with Crippen LogP contribution in [-0.4, -0.2) is 17.4 Å². The lowest BCUT2D eigenvalue weighted by Crippen LogP contribution is -2.53. The molecule has 5 aliphatic rings. The maximum atomic E-state index is 12.8. The molecule has 4 bridgehead atoms. The predicted molar refractivity (Wildman–Crippen MR) is 85.0 cm³/mol. The molecule has 3 nitrogen and oxygen atoms in total. The van der Waals surface area contributed by atoms with Crippen molar-refractivity contribution in [1.82, 2.24) is 0 Å². The third-order valence-electron chi connectivity index (χ3n) is 6.61. The van der Waals surface area contributed by atoms with Crippen LogP contribution >= 0.6 is 0 Å². The SMILES string of the molecule is O=C(OC12CC3CC(CC(C3)C1)C2)[C@@H]1Cc2ccccc2C1=O. The summed E-state index contributed by atoms with van der Waals surface area (Å²) in [5.41, 5.74) is 1.45. The van der Waals surface area contributed by atoms with E-state index in [-0.39, 0.29) is 17.4 Å². The zero-order chi connectivity index (χ0) is 15.6. The van der Waals surface area contributed by atoms with Crippen molar-refractivity contribution in [3.05, 3.63) is 35.4 Å². The predicted octanol–water partition coefficient (Wildman–Crippen LogP) is 3.55. The Morgan fingerprint density at radius 3 is 2.22 bits per heavy atom. The van der Waals surface area contributed by atoms with E-state index in [4.69, 9.17) is 4.74 Å². The molecule has 6 rings (SSSR count). The van der Waals surface area contributed by atoms with Crippen molar-refractivity contribution in [2.45, 2.75) is 50.5 Å². The smallest absolute Gasteiger partial charge is 0.317 e. The number of carbonyl (C=O) groups excluding carboxylic acids is 2. The number of hydrogen-bond donors (Lipinski definition) is 0. The zero-order valence-electron chi connectivity index (χ0n) is 13.3. The lowest BCUT2D eigenvalue weighted by atomic mass is 9.54. The van der Waals surface area contributed by atoms with Crippen LogP contribution in [0.5, 0.6) is 0 Å². The fourth-order valence-electron chi connectivity index (χ4n) is 6.07. The number of benzene rings is 1. The summed E-state index contributed by atoms with van der Waals surface area (Å²) in [5, 5.41) is 0. The van der Waals surface area contributed by atoms with Crippen molar-refractivity contribution in [2.24, 2.45) is 23.7 Å². The number of fused-ring (bicyclic) bond motifs is 1. The van der Waals surface area contributed by atoms with E-state index in [0.717, 1.165) is 42.6 Å². The number of Topliss-reactive ketones (excluding diaryl/α,β-unsaturated/α-hetero) is 1. The molecule has 0 N–H and O–H groups in total. The minimum Gasteiger partial charge on any atom is -0.458 e. The lowest BCUT2D eigenvalue weighted by molar-refractivity contribution is -0.189. The number of ether oxygens (including phenoxy) is 1. The Morgan fingerprint density at radius 1 is 1.00 bits per heavy atom. The zero-order valence-corrected chi connectivity index (χ0v) is 13.3. The van der Waals surface area contributed by atoms with E-state index in [1.54, 1.807) is 0 Å². The second-order valence-electron chi connectivity index (χ2n) is 8.30. The Hall–Kier alpha value is -1.64. The molecule has 5 aliphatic carbocycles. The van der Waals surface area contributed by atoms with Gasteiger partial charge in [0.25, 0.3) is 0 Å². The maximum Gasteiger partial charge on any atom is 0.317 e. The third kappa shape index (κ3) is 2.09. The van der Waals surface area contributed by atoms with E-state index in [1.807, 2.05) is 24.3 Å². The topological polar surface area (TPSA) is 43.4 Å². The second-order valence-corrected chi connectivity index (χ2v) is 8.30. The van der Waals surface area contributed by atoms with Gasteiger partial charge in [0.05, 0.1) is 0 Å². The Bertz CT molecular complexity index is 655. The highest BCUT2D eigenvalue weighted by molar-refractivity contribution is 6.12. The van der Waals surface area contributed by atoms with Crippen LogP contribution in [0.2, 0.25) is 0 Å². The van der Waals surface area contributed by atoms with E-state index >= 15 is 0 Å². The third-order valence-corrected chi connectivity index (χ3v) is 6.61. The Morgan fingerprint density at radius 2 is 1.61 bits per heavy atom. The van der Waals surface area contributed by atoms with E-state index < -0.39 is 5.92 Å². The van der Waals surface area contributed by atoms with Crippen LogP contribution in [0.15, 0.2) is 24.3 Å². The van der Waals surface area contributed by atoms with Gasteiger partial charge in [0.1, 0.15) is 11.5 Å². The summed E-state index contributed by atoms with van der Waals surface area (Å²) in [6, 6.07) is 7.57. The molecular weight excluding hydrogens is 288 g/mol. The molecule has 0 heterocycles. The summed E-state index contributed by atoms with van der Waals surface area (Å²) in [7, 11) is 0. The Balaban J connectivity index is 1.36. The molecule has 0 aromatic heterocycles. The van der Waals surface area contributed by atoms with Crippen molar-refractivity contribution < 1.29 is 14.3 Å². The van der Waals surface area contributed by atoms with Gasteiger partial charge in [-0.15, -0.1) is 0 Å². The van der Waals surface area contributed by atoms with Crippen LogP contribution in [0.4, 0.5) is 0 Å². The first-order chi connectivity index (χ1) is 11.1. The Kier molecular flexibility index (Phi) is 2.80. The largest absolute Gasteiger partial charge is 0.458 e. The van der Waals surface area contributed by atoms with Crippen molar-refractivity contribution in [3.8, 4) is 0 Å². The minimum absolute atomic E-state index is 0.0460. The van der Waals surface area contributed by atoms with Gasteiger partial charge >= 0.3 is 5.97 Å². The standard InChI is InChI=1S/C20H22O3/c21-18-16-4-2-1-3-15(16)8-17(18)19(22)23-20-9-12-5-13(10-20)7-14(6-12)11-20/h1-4,12-14,17H,5-11H2/t12?,13?,14?,17-,20?/m1/s1. The van der Waals surface area contributed by atoms with E-state index in [2.05, 4.69) is 0 Å². The maximum absolute atomic E-state index is 12.8. The van der Waals surface area contributed by atoms with E-state index in [0.29, 0.717) is 12.0 Å². The van der Waals surface area contributed by atoms with E-state index in [9.17, 15) is 9.59 Å². The molecule has 1 atom stereocenters. The summed E-state index contributed by atoms with van der Waals surface area (Å²) in [4.78, 5) is 25.3. The monoisotopic (exact) mass is 310 g/mol. The molecule has 4 fully saturated rings. The summed E-state index contributed by atoms with van der Waals surface area (Å²) < 4.78 is 6.08. The summed E-state index contributed by atoms with van der Waals surface area (Å²) in [6.07, 6.45) is 7.57. The van der Waals surface area contributed by atoms with Crippen molar-refractivity contribution in [3.63, 3.8) is 0 Å². The van der Waals surface area contributed by atoms with Crippen molar-refractivity contribution >= 4 is 11.8 Å². The fraction of sp³-hybridized carbons (Fsp3) is 0.600. The second kappa shape index (κ2) is 4.68. The number of hydrogen-bond acceptors (Lipinski definition) is 3. The normalized spacial score (nSPS) is 40.3. The van der Waals surface area contributed by atoms with Gasteiger partial charge in [-0.2, -0.15) is 0 Å². The lowest BCUT2D eigenvalue weighted by Gasteiger charge is -2.55. The van der Waals surface area contributed by atoms with Gasteiger partial charge < -0.3 is 4.74 Å². The van der Waals surface area contributed by atoms with Crippen LogP contribution in [0.3, 0.4) is 0 Å². The van der Waals surface area contributed by atoms with Gasteiger partial charge in [-0.1, -0.05) is 24.3 Å². The number of ketones is 1. The first-order valence-corrected chi connectivity index (χ1v) is 8.97. The first kappa shape index (κ1) is 13.8. The number of esters is 1. The van der Waals surface area contributed by atoms with E-state index in [1.165, 1.54) is 19.3 Å². The highest BCUT2D eigenvalue weighted by Gasteiger charge is 2.54. The van der Waals surface area contributed by atoms with Crippen LogP contribution in [0.1, 0.15) is 54.4 Å². The van der Waals surface area contributed by atoms with Gasteiger partial charge in [-0.25, -0.2) is 0 Å². The molecule has 0 radical (unpaired) electrons. The average Bonchev–Trinajstić information content (AvgIpc) is 2.83. The molecule has 23 heavy (non-hydrogen) atoms. The number of rotatable bonds is 2. The van der Waals surface area contributed by atoms with Crippen LogP contribution in [0, 0.1) is 23.7 Å². The van der Waals surface area contributed by atoms with Crippen LogP contribution in [-0.2, 0) is 16.0 Å². The average molecular weight is 310 g/mol. The highest BCUT2D eigenvalue weighted by atomic mass is 16.6. The molecule has 0 aliphatic heterocycles. The van der Waals surface area contributed by atoms with Gasteiger partial charge in [0.2, 0.25) is 0 Å². The molecule has 3 heteroatoms. The fourth-order valence-corrected chi connectivity index (χ4v) is 6.07. The minimum atomic E-state index is -0.611. The van der Waals surface area contributed by atoms with Gasteiger partial charge in [0, 0.05) is 5.56 Å². The van der Waals surface area contributed by atoms with Crippen molar-refractivity contribution in [1.29, 1.82) is 0 Å². The summed E-state index contributed by atoms with van der Waals surface area (Å²) in [6.45, 7) is 0. The number of carbonyl (C=O) groups is 2. The molecule has 120 valence electrons. The Labute approximate surface area is 136 Å². The quantitative estimate of drug-likeness (QED) is 0.620. The molecule has 1 aromatic carbocycles. The van der Waals surface area contributed by atoms with Crippen molar-refractivity contribution in [2.75, 3.05) is 0 Å². The molecule has 0 saturated heterocycles. The summed E-state index contributed by atoms with van der Waals surface area (Å²) >= 11 is 0. The molecule has 0 spiro atoms. The van der Waals surface area contributed by atoms with Crippen LogP contribution < -0.4 is 0 Å². The molecule has 4 saturated carbocycles. The first-order valence-electron chi connectivity index (χ1n) is 8.97. The summed E-state index contributed by atoms with van der Waals surface area (Å²) in [5.74, 6) is 1.30. The van der Waals surface area contributed by atoms with Gasteiger partial charge in [-0.05, 0) is 68.3 Å². The van der Waals surface area contributed by atoms with Gasteiger partial charge in [-0.3, -0.25) is 9.59 Å². The molecule has 1 aromatic rings. The molecule has 0 amide bonds. The van der Waals surface area contributed by atoms with Gasteiger partial charge in [0.15, 0.2) is 5.78 Å². The highest BCUT2D eigenvalue weighted by Crippen LogP contribution is 2.57. The molecule has 0 unspecified atom stereocenters.